The van der Waals surface area contributed by atoms with E-state index >= 15 is 0 Å². The number of aliphatic hydroxyl groups is 1. The maximum atomic E-state index is 10.1. The normalized spacial score (nSPS) is 29.7. The molecule has 1 aliphatic heterocycles. The first kappa shape index (κ1) is 18.0. The molecule has 6 heteroatoms. The van der Waals surface area contributed by atoms with Gasteiger partial charge in [-0.2, -0.15) is 0 Å². The van der Waals surface area contributed by atoms with Crippen LogP contribution in [0, 0.1) is 5.41 Å². The smallest absolute Gasteiger partial charge is 0.158 e. The fourth-order valence-corrected chi connectivity index (χ4v) is 4.23. The third kappa shape index (κ3) is 5.72. The lowest BCUT2D eigenvalue weighted by Crippen LogP contribution is -2.38. The summed E-state index contributed by atoms with van der Waals surface area (Å²) < 4.78 is 6.08. The molecule has 0 aromatic heterocycles. The van der Waals surface area contributed by atoms with Crippen molar-refractivity contribution in [3.63, 3.8) is 0 Å². The predicted molar refractivity (Wildman–Crippen MR) is 92.4 cm³/mol. The van der Waals surface area contributed by atoms with E-state index in [1.54, 1.807) is 0 Å². The van der Waals surface area contributed by atoms with E-state index < -0.39 is 0 Å². The van der Waals surface area contributed by atoms with Gasteiger partial charge in [-0.15, -0.1) is 0 Å². The summed E-state index contributed by atoms with van der Waals surface area (Å²) in [4.78, 5) is 1.89. The van der Waals surface area contributed by atoms with Crippen LogP contribution in [-0.4, -0.2) is 59.0 Å². The van der Waals surface area contributed by atoms with E-state index in [4.69, 9.17) is 10.1 Å². The molecule has 0 aromatic carbocycles. The van der Waals surface area contributed by atoms with Gasteiger partial charge >= 0.3 is 0 Å². The summed E-state index contributed by atoms with van der Waals surface area (Å²) in [6.45, 7) is 3.81. The molecule has 0 bridgehead atoms. The van der Waals surface area contributed by atoms with Gasteiger partial charge in [0.15, 0.2) is 5.17 Å². The predicted octanol–water partition coefficient (Wildman–Crippen LogP) is 2.39. The zero-order valence-electron chi connectivity index (χ0n) is 13.9. The summed E-state index contributed by atoms with van der Waals surface area (Å²) in [7, 11) is 1.91. The summed E-state index contributed by atoms with van der Waals surface area (Å²) in [5.41, 5.74) is -0.0956. The lowest BCUT2D eigenvalue weighted by Gasteiger charge is -2.34. The maximum Gasteiger partial charge on any atom is 0.158 e. The van der Waals surface area contributed by atoms with Crippen LogP contribution >= 0.6 is 11.8 Å². The lowest BCUT2D eigenvalue weighted by atomic mass is 10.0. The van der Waals surface area contributed by atoms with Crippen molar-refractivity contribution >= 4 is 16.9 Å². The zero-order chi connectivity index (χ0) is 15.9. The molecule has 3 N–H and O–H groups in total. The van der Waals surface area contributed by atoms with Crippen molar-refractivity contribution in [1.29, 1.82) is 5.41 Å². The SMILES string of the molecule is CCN(C)C(=N)SC1C[C@@H](O)C[C@@H](CCNC2CCCC2)O1. The van der Waals surface area contributed by atoms with Gasteiger partial charge in [-0.3, -0.25) is 5.41 Å². The van der Waals surface area contributed by atoms with Crippen molar-refractivity contribution in [2.75, 3.05) is 20.1 Å². The zero-order valence-corrected chi connectivity index (χ0v) is 14.7. The van der Waals surface area contributed by atoms with E-state index in [1.807, 2.05) is 18.9 Å². The largest absolute Gasteiger partial charge is 0.393 e. The fourth-order valence-electron chi connectivity index (χ4n) is 3.15. The van der Waals surface area contributed by atoms with Gasteiger partial charge < -0.3 is 20.1 Å². The van der Waals surface area contributed by atoms with E-state index in [0.29, 0.717) is 17.6 Å². The van der Waals surface area contributed by atoms with Crippen LogP contribution < -0.4 is 5.32 Å². The van der Waals surface area contributed by atoms with Gasteiger partial charge in [0.2, 0.25) is 0 Å². The standard InChI is InChI=1S/C16H31N3O2S/c1-3-19(2)16(17)22-15-11-13(20)10-14(21-15)8-9-18-12-6-4-5-7-12/h12-15,17-18,20H,3-11H2,1-2H3/t13-,14+,15?/m0/s1. The van der Waals surface area contributed by atoms with Crippen LogP contribution in [0.4, 0.5) is 0 Å². The number of aliphatic hydroxyl groups excluding tert-OH is 1. The average Bonchev–Trinajstić information content (AvgIpc) is 2.99. The highest BCUT2D eigenvalue weighted by atomic mass is 32.2. The number of rotatable bonds is 6. The molecule has 2 rings (SSSR count). The van der Waals surface area contributed by atoms with Crippen LogP contribution in [-0.2, 0) is 4.74 Å². The molecular formula is C16H31N3O2S. The molecular weight excluding hydrogens is 298 g/mol. The van der Waals surface area contributed by atoms with Crippen molar-refractivity contribution in [2.45, 2.75) is 75.6 Å². The minimum absolute atomic E-state index is 0.0956. The minimum atomic E-state index is -0.303. The van der Waals surface area contributed by atoms with E-state index in [1.165, 1.54) is 37.4 Å². The van der Waals surface area contributed by atoms with Gasteiger partial charge in [-0.1, -0.05) is 24.6 Å². The second kappa shape index (κ2) is 9.11. The van der Waals surface area contributed by atoms with Crippen molar-refractivity contribution in [2.24, 2.45) is 0 Å². The van der Waals surface area contributed by atoms with Gasteiger partial charge in [0.05, 0.1) is 12.2 Å². The summed E-state index contributed by atoms with van der Waals surface area (Å²) in [5, 5.41) is 22.2. The molecule has 2 aliphatic rings. The van der Waals surface area contributed by atoms with E-state index in [2.05, 4.69) is 5.32 Å². The van der Waals surface area contributed by atoms with Crippen LogP contribution in [0.1, 0.15) is 51.9 Å². The molecule has 1 aliphatic carbocycles. The Morgan fingerprint density at radius 1 is 1.36 bits per heavy atom. The number of thioether (sulfide) groups is 1. The van der Waals surface area contributed by atoms with E-state index in [9.17, 15) is 5.11 Å². The Bertz CT molecular complexity index is 350. The van der Waals surface area contributed by atoms with Crippen molar-refractivity contribution in [1.82, 2.24) is 10.2 Å². The van der Waals surface area contributed by atoms with Crippen molar-refractivity contribution in [3.05, 3.63) is 0 Å². The van der Waals surface area contributed by atoms with Crippen LogP contribution in [0.15, 0.2) is 0 Å². The van der Waals surface area contributed by atoms with Gasteiger partial charge in [0.25, 0.3) is 0 Å². The number of amidine groups is 1. The molecule has 2 fully saturated rings. The van der Waals surface area contributed by atoms with Gasteiger partial charge in [-0.25, -0.2) is 0 Å². The molecule has 3 atom stereocenters. The molecule has 1 saturated heterocycles. The number of hydrogen-bond donors (Lipinski definition) is 3. The Balaban J connectivity index is 1.71. The molecule has 128 valence electrons. The first-order valence-corrected chi connectivity index (χ1v) is 9.49. The summed E-state index contributed by atoms with van der Waals surface area (Å²) in [6.07, 6.45) is 7.39. The number of ether oxygens (including phenoxy) is 1. The monoisotopic (exact) mass is 329 g/mol. The quantitative estimate of drug-likeness (QED) is 0.516. The second-order valence-electron chi connectivity index (χ2n) is 6.47. The number of hydrogen-bond acceptors (Lipinski definition) is 5. The molecule has 22 heavy (non-hydrogen) atoms. The minimum Gasteiger partial charge on any atom is -0.393 e. The molecule has 5 nitrogen and oxygen atoms in total. The van der Waals surface area contributed by atoms with Gasteiger partial charge in [0, 0.05) is 26.1 Å². The lowest BCUT2D eigenvalue weighted by molar-refractivity contribution is -0.0611. The molecule has 1 saturated carbocycles. The first-order chi connectivity index (χ1) is 10.6. The topological polar surface area (TPSA) is 68.6 Å². The Labute approximate surface area is 138 Å². The molecule has 0 amide bonds. The van der Waals surface area contributed by atoms with Crippen LogP contribution in [0.25, 0.3) is 0 Å². The van der Waals surface area contributed by atoms with Crippen LogP contribution in [0.3, 0.4) is 0 Å². The Morgan fingerprint density at radius 3 is 2.77 bits per heavy atom. The van der Waals surface area contributed by atoms with Crippen molar-refractivity contribution in [3.8, 4) is 0 Å². The summed E-state index contributed by atoms with van der Waals surface area (Å²) in [6, 6.07) is 0.685. The van der Waals surface area contributed by atoms with Crippen LogP contribution in [0.5, 0.6) is 0 Å². The van der Waals surface area contributed by atoms with Crippen molar-refractivity contribution < 1.29 is 9.84 Å². The summed E-state index contributed by atoms with van der Waals surface area (Å²) in [5.74, 6) is 0. The Hall–Kier alpha value is -0.300. The third-order valence-electron chi connectivity index (χ3n) is 4.66. The van der Waals surface area contributed by atoms with Gasteiger partial charge in [-0.05, 0) is 39.2 Å². The number of nitrogens with one attached hydrogen (secondary N) is 2. The summed E-state index contributed by atoms with van der Waals surface area (Å²) >= 11 is 1.43. The van der Waals surface area contributed by atoms with Crippen LogP contribution in [0.2, 0.25) is 0 Å². The fraction of sp³-hybridized carbons (Fsp3) is 0.938. The van der Waals surface area contributed by atoms with E-state index in [-0.39, 0.29) is 17.6 Å². The Kier molecular flexibility index (Phi) is 7.47. The average molecular weight is 330 g/mol. The highest BCUT2D eigenvalue weighted by molar-refractivity contribution is 8.14. The third-order valence-corrected chi connectivity index (χ3v) is 5.76. The molecule has 0 radical (unpaired) electrons. The molecule has 1 heterocycles. The highest BCUT2D eigenvalue weighted by Gasteiger charge is 2.30. The van der Waals surface area contributed by atoms with E-state index in [0.717, 1.165) is 25.9 Å². The maximum absolute atomic E-state index is 10.1. The molecule has 0 aromatic rings. The first-order valence-electron chi connectivity index (χ1n) is 8.61. The molecule has 1 unspecified atom stereocenters. The highest BCUT2D eigenvalue weighted by Crippen LogP contribution is 2.30. The second-order valence-corrected chi connectivity index (χ2v) is 7.62. The Morgan fingerprint density at radius 2 is 2.09 bits per heavy atom. The number of nitrogens with zero attached hydrogens (tertiary/aromatic N) is 1. The van der Waals surface area contributed by atoms with Gasteiger partial charge in [0.1, 0.15) is 5.44 Å². The molecule has 0 spiro atoms.